The zero-order valence-corrected chi connectivity index (χ0v) is 11.8. The number of halogens is 2. The molecule has 1 N–H and O–H groups in total. The Labute approximate surface area is 122 Å². The van der Waals surface area contributed by atoms with E-state index in [-0.39, 0.29) is 11.6 Å². The molecule has 0 saturated heterocycles. The number of nitrogens with one attached hydrogen (secondary N) is 1. The summed E-state index contributed by atoms with van der Waals surface area (Å²) in [5.74, 6) is -0.579. The van der Waals surface area contributed by atoms with Crippen LogP contribution in [0.2, 0.25) is 0 Å². The van der Waals surface area contributed by atoms with Crippen molar-refractivity contribution in [2.45, 2.75) is 25.4 Å². The van der Waals surface area contributed by atoms with Gasteiger partial charge in [0.1, 0.15) is 5.82 Å². The number of ether oxygens (including phenoxy) is 1. The fraction of sp³-hybridized carbons (Fsp3) is 0.294. The van der Waals surface area contributed by atoms with E-state index in [4.69, 9.17) is 4.74 Å². The molecule has 0 atom stereocenters. The van der Waals surface area contributed by atoms with E-state index in [1.54, 1.807) is 18.2 Å². The lowest BCUT2D eigenvalue weighted by atomic mass is 9.99. The minimum atomic E-state index is -0.444. The molecule has 1 fully saturated rings. The van der Waals surface area contributed by atoms with E-state index in [1.807, 2.05) is 0 Å². The third-order valence-electron chi connectivity index (χ3n) is 3.69. The summed E-state index contributed by atoms with van der Waals surface area (Å²) in [5, 5.41) is 3.40. The molecule has 1 aliphatic rings. The maximum absolute atomic E-state index is 13.9. The maximum Gasteiger partial charge on any atom is 0.165 e. The van der Waals surface area contributed by atoms with Crippen molar-refractivity contribution >= 4 is 0 Å². The summed E-state index contributed by atoms with van der Waals surface area (Å²) < 4.78 is 32.3. The van der Waals surface area contributed by atoms with Crippen LogP contribution >= 0.6 is 0 Å². The van der Waals surface area contributed by atoms with Crippen LogP contribution in [0.25, 0.3) is 11.1 Å². The molecule has 0 radical (unpaired) electrons. The molecule has 0 aromatic heterocycles. The van der Waals surface area contributed by atoms with Gasteiger partial charge in [-0.25, -0.2) is 8.78 Å². The predicted molar refractivity (Wildman–Crippen MR) is 78.2 cm³/mol. The van der Waals surface area contributed by atoms with Gasteiger partial charge in [0.2, 0.25) is 0 Å². The van der Waals surface area contributed by atoms with Crippen LogP contribution in [-0.4, -0.2) is 13.2 Å². The summed E-state index contributed by atoms with van der Waals surface area (Å²) in [5.41, 5.74) is 2.33. The monoisotopic (exact) mass is 289 g/mol. The molecule has 110 valence electrons. The molecule has 1 saturated carbocycles. The predicted octanol–water partition coefficient (Wildman–Crippen LogP) is 3.89. The number of rotatable bonds is 5. The lowest BCUT2D eigenvalue weighted by Crippen LogP contribution is -2.16. The van der Waals surface area contributed by atoms with Crippen molar-refractivity contribution in [1.29, 1.82) is 0 Å². The molecule has 1 aliphatic carbocycles. The molecule has 0 amide bonds. The Morgan fingerprint density at radius 3 is 2.62 bits per heavy atom. The summed E-state index contributed by atoms with van der Waals surface area (Å²) in [7, 11) is 1.42. The Kier molecular flexibility index (Phi) is 3.88. The van der Waals surface area contributed by atoms with Crippen LogP contribution in [-0.2, 0) is 6.54 Å². The largest absolute Gasteiger partial charge is 0.494 e. The molecule has 21 heavy (non-hydrogen) atoms. The molecule has 0 spiro atoms. The minimum absolute atomic E-state index is 0.188. The first-order chi connectivity index (χ1) is 10.2. The van der Waals surface area contributed by atoms with Crippen molar-refractivity contribution in [1.82, 2.24) is 5.32 Å². The Bertz CT molecular complexity index is 653. The molecule has 2 aromatic rings. The summed E-state index contributed by atoms with van der Waals surface area (Å²) in [6.45, 7) is 0.661. The smallest absolute Gasteiger partial charge is 0.165 e. The molecular weight excluding hydrogens is 272 g/mol. The van der Waals surface area contributed by atoms with Gasteiger partial charge >= 0.3 is 0 Å². The van der Waals surface area contributed by atoms with Gasteiger partial charge in [0.15, 0.2) is 11.6 Å². The van der Waals surface area contributed by atoms with Crippen LogP contribution in [0.1, 0.15) is 18.4 Å². The second kappa shape index (κ2) is 5.82. The highest BCUT2D eigenvalue weighted by Crippen LogP contribution is 2.29. The lowest BCUT2D eigenvalue weighted by molar-refractivity contribution is 0.386. The van der Waals surface area contributed by atoms with Gasteiger partial charge in [-0.3, -0.25) is 0 Å². The van der Waals surface area contributed by atoms with E-state index in [1.165, 1.54) is 38.2 Å². The van der Waals surface area contributed by atoms with E-state index in [9.17, 15) is 8.78 Å². The van der Waals surface area contributed by atoms with Gasteiger partial charge < -0.3 is 10.1 Å². The van der Waals surface area contributed by atoms with Crippen LogP contribution in [0.3, 0.4) is 0 Å². The highest BCUT2D eigenvalue weighted by Gasteiger charge is 2.20. The van der Waals surface area contributed by atoms with Crippen molar-refractivity contribution in [2.75, 3.05) is 7.11 Å². The number of methoxy groups -OCH3 is 1. The molecule has 0 aliphatic heterocycles. The molecular formula is C17H17F2NO. The third kappa shape index (κ3) is 3.22. The van der Waals surface area contributed by atoms with E-state index in [0.717, 1.165) is 5.56 Å². The Morgan fingerprint density at radius 2 is 1.95 bits per heavy atom. The van der Waals surface area contributed by atoms with Crippen molar-refractivity contribution in [2.24, 2.45) is 0 Å². The molecule has 3 rings (SSSR count). The summed E-state index contributed by atoms with van der Waals surface area (Å²) in [4.78, 5) is 0. The highest BCUT2D eigenvalue weighted by atomic mass is 19.1. The first kappa shape index (κ1) is 14.0. The van der Waals surface area contributed by atoms with Gasteiger partial charge in [0.25, 0.3) is 0 Å². The molecule has 0 unspecified atom stereocenters. The van der Waals surface area contributed by atoms with Gasteiger partial charge in [0.05, 0.1) is 7.11 Å². The maximum atomic E-state index is 13.9. The number of benzene rings is 2. The highest BCUT2D eigenvalue weighted by molar-refractivity contribution is 5.68. The topological polar surface area (TPSA) is 21.3 Å². The average Bonchev–Trinajstić information content (AvgIpc) is 3.30. The molecule has 2 aromatic carbocycles. The van der Waals surface area contributed by atoms with Crippen molar-refractivity contribution in [3.63, 3.8) is 0 Å². The first-order valence-corrected chi connectivity index (χ1v) is 7.03. The van der Waals surface area contributed by atoms with Gasteiger partial charge in [-0.1, -0.05) is 12.1 Å². The van der Waals surface area contributed by atoms with Crippen LogP contribution in [0.15, 0.2) is 36.4 Å². The lowest BCUT2D eigenvalue weighted by Gasteiger charge is -2.12. The molecule has 2 nitrogen and oxygen atoms in total. The summed E-state index contributed by atoms with van der Waals surface area (Å²) in [6, 6.07) is 9.90. The average molecular weight is 289 g/mol. The van der Waals surface area contributed by atoms with Gasteiger partial charge in [0, 0.05) is 12.6 Å². The quantitative estimate of drug-likeness (QED) is 0.901. The molecule has 4 heteroatoms. The fourth-order valence-electron chi connectivity index (χ4n) is 2.35. The Hall–Kier alpha value is -1.94. The van der Waals surface area contributed by atoms with E-state index in [2.05, 4.69) is 5.32 Å². The zero-order chi connectivity index (χ0) is 14.8. The number of hydrogen-bond donors (Lipinski definition) is 1. The van der Waals surface area contributed by atoms with E-state index < -0.39 is 5.82 Å². The van der Waals surface area contributed by atoms with Gasteiger partial charge in [-0.2, -0.15) is 0 Å². The first-order valence-electron chi connectivity index (χ1n) is 7.03. The normalized spacial score (nSPS) is 14.2. The van der Waals surface area contributed by atoms with Gasteiger partial charge in [-0.15, -0.1) is 0 Å². The second-order valence-corrected chi connectivity index (χ2v) is 5.31. The van der Waals surface area contributed by atoms with Crippen molar-refractivity contribution < 1.29 is 13.5 Å². The van der Waals surface area contributed by atoms with Crippen LogP contribution in [0, 0.1) is 11.6 Å². The molecule has 0 bridgehead atoms. The minimum Gasteiger partial charge on any atom is -0.494 e. The summed E-state index contributed by atoms with van der Waals surface area (Å²) in [6.07, 6.45) is 2.38. The zero-order valence-electron chi connectivity index (χ0n) is 11.8. The van der Waals surface area contributed by atoms with Crippen LogP contribution in [0.5, 0.6) is 5.75 Å². The SMILES string of the molecule is COc1ccc(-c2cc(F)ccc2CNC2CC2)cc1F. The number of hydrogen-bond acceptors (Lipinski definition) is 2. The van der Waals surface area contributed by atoms with Gasteiger partial charge in [-0.05, 0) is 53.8 Å². The van der Waals surface area contributed by atoms with Crippen molar-refractivity contribution in [3.8, 4) is 16.9 Å². The van der Waals surface area contributed by atoms with E-state index in [0.29, 0.717) is 23.7 Å². The van der Waals surface area contributed by atoms with Crippen LogP contribution in [0.4, 0.5) is 8.78 Å². The van der Waals surface area contributed by atoms with E-state index >= 15 is 0 Å². The third-order valence-corrected chi connectivity index (χ3v) is 3.69. The van der Waals surface area contributed by atoms with Crippen molar-refractivity contribution in [3.05, 3.63) is 53.6 Å². The second-order valence-electron chi connectivity index (χ2n) is 5.31. The summed E-state index contributed by atoms with van der Waals surface area (Å²) >= 11 is 0. The standard InChI is InChI=1S/C17H17F2NO/c1-21-17-7-3-11(8-16(17)19)15-9-13(18)4-2-12(15)10-20-14-5-6-14/h2-4,7-9,14,20H,5-6,10H2,1H3. The Balaban J connectivity index is 1.94. The molecule has 0 heterocycles. The van der Waals surface area contributed by atoms with Crippen LogP contribution < -0.4 is 10.1 Å². The fourth-order valence-corrected chi connectivity index (χ4v) is 2.35. The Morgan fingerprint density at radius 1 is 1.14 bits per heavy atom.